The Balaban J connectivity index is 1.34. The van der Waals surface area contributed by atoms with Crippen molar-refractivity contribution >= 4 is 17.5 Å². The Labute approximate surface area is 197 Å². The van der Waals surface area contributed by atoms with E-state index in [1.165, 1.54) is 18.6 Å². The number of carbonyl (C=O) groups excluding carboxylic acids is 2. The van der Waals surface area contributed by atoms with Gasteiger partial charge in [-0.15, -0.1) is 0 Å². The summed E-state index contributed by atoms with van der Waals surface area (Å²) < 4.78 is 44.1. The molecule has 0 bridgehead atoms. The highest BCUT2D eigenvalue weighted by Gasteiger charge is 2.32. The molecule has 1 heterocycles. The first kappa shape index (κ1) is 24.1. The van der Waals surface area contributed by atoms with Gasteiger partial charge in [-0.25, -0.2) is 0 Å². The molecule has 0 radical (unpaired) electrons. The number of anilines is 1. The van der Waals surface area contributed by atoms with Gasteiger partial charge in [-0.1, -0.05) is 31.4 Å². The molecule has 2 aromatic rings. The van der Waals surface area contributed by atoms with Crippen molar-refractivity contribution in [3.05, 3.63) is 54.1 Å². The molecule has 1 saturated carbocycles. The van der Waals surface area contributed by atoms with Gasteiger partial charge < -0.3 is 15.0 Å². The average Bonchev–Trinajstić information content (AvgIpc) is 2.85. The molecule has 0 spiro atoms. The van der Waals surface area contributed by atoms with E-state index in [0.717, 1.165) is 37.8 Å². The Kier molecular flexibility index (Phi) is 7.44. The van der Waals surface area contributed by atoms with E-state index >= 15 is 0 Å². The maximum Gasteiger partial charge on any atom is 0.416 e. The minimum Gasteiger partial charge on any atom is -0.455 e. The topological polar surface area (TPSA) is 58.6 Å². The fraction of sp³-hybridized carbons (Fsp3) is 0.462. The van der Waals surface area contributed by atoms with Crippen LogP contribution in [-0.2, 0) is 15.8 Å². The molecule has 1 N–H and O–H groups in total. The number of amides is 2. The number of benzene rings is 2. The number of hydrogen-bond acceptors (Lipinski definition) is 3. The third kappa shape index (κ3) is 5.90. The maximum absolute atomic E-state index is 12.9. The van der Waals surface area contributed by atoms with Gasteiger partial charge in [0.15, 0.2) is 5.75 Å². The van der Waals surface area contributed by atoms with Crippen molar-refractivity contribution in [3.63, 3.8) is 0 Å². The number of nitrogens with one attached hydrogen (secondary N) is 1. The van der Waals surface area contributed by atoms with E-state index in [9.17, 15) is 22.8 Å². The maximum atomic E-state index is 12.9. The van der Waals surface area contributed by atoms with Crippen LogP contribution < -0.4 is 10.1 Å². The van der Waals surface area contributed by atoms with Gasteiger partial charge in [0, 0.05) is 24.9 Å². The number of ether oxygens (including phenoxy) is 1. The zero-order chi connectivity index (χ0) is 24.1. The predicted octanol–water partition coefficient (Wildman–Crippen LogP) is 6.26. The molecule has 2 fully saturated rings. The van der Waals surface area contributed by atoms with Gasteiger partial charge >= 0.3 is 6.18 Å². The minimum absolute atomic E-state index is 0.133. The summed E-state index contributed by atoms with van der Waals surface area (Å²) in [6.45, 7) is 1.16. The molecule has 0 atom stereocenters. The lowest BCUT2D eigenvalue weighted by atomic mass is 9.87. The van der Waals surface area contributed by atoms with Crippen LogP contribution in [-0.4, -0.2) is 29.8 Å². The summed E-state index contributed by atoms with van der Waals surface area (Å²) in [5, 5.41) is 2.90. The molecule has 0 unspecified atom stereocenters. The zero-order valence-electron chi connectivity index (χ0n) is 18.9. The number of alkyl halides is 3. The quantitative estimate of drug-likeness (QED) is 0.557. The fourth-order valence-electron chi connectivity index (χ4n) is 4.70. The van der Waals surface area contributed by atoms with Gasteiger partial charge in [-0.05, 0) is 62.1 Å². The number of carbonyl (C=O) groups is 2. The predicted molar refractivity (Wildman–Crippen MR) is 122 cm³/mol. The molecule has 4 rings (SSSR count). The van der Waals surface area contributed by atoms with E-state index in [0.29, 0.717) is 37.4 Å². The Morgan fingerprint density at radius 2 is 1.50 bits per heavy atom. The third-order valence-corrected chi connectivity index (χ3v) is 6.69. The molecule has 8 heteroatoms. The summed E-state index contributed by atoms with van der Waals surface area (Å²) in [6.07, 6.45) is 2.16. The summed E-state index contributed by atoms with van der Waals surface area (Å²) >= 11 is 0. The second kappa shape index (κ2) is 10.5. The van der Waals surface area contributed by atoms with E-state index in [-0.39, 0.29) is 29.4 Å². The summed E-state index contributed by atoms with van der Waals surface area (Å²) in [6, 6.07) is 11.2. The van der Waals surface area contributed by atoms with Crippen LogP contribution in [0.15, 0.2) is 48.5 Å². The van der Waals surface area contributed by atoms with Crippen molar-refractivity contribution in [3.8, 4) is 11.5 Å². The zero-order valence-corrected chi connectivity index (χ0v) is 18.9. The Hall–Kier alpha value is -3.03. The van der Waals surface area contributed by atoms with Gasteiger partial charge in [0.2, 0.25) is 11.8 Å². The highest BCUT2D eigenvalue weighted by Crippen LogP contribution is 2.34. The number of hydrogen-bond donors (Lipinski definition) is 1. The first-order valence-electron chi connectivity index (χ1n) is 11.8. The van der Waals surface area contributed by atoms with E-state index in [2.05, 4.69) is 5.32 Å². The second-order valence-corrected chi connectivity index (χ2v) is 9.04. The number of nitrogens with zero attached hydrogens (tertiary/aromatic N) is 1. The number of halogens is 3. The molecule has 5 nitrogen and oxygen atoms in total. The second-order valence-electron chi connectivity index (χ2n) is 9.04. The van der Waals surface area contributed by atoms with Gasteiger partial charge in [0.25, 0.3) is 0 Å². The number of rotatable bonds is 5. The van der Waals surface area contributed by atoms with Crippen LogP contribution in [0, 0.1) is 11.8 Å². The first-order valence-corrected chi connectivity index (χ1v) is 11.8. The molecular formula is C26H29F3N2O3. The minimum atomic E-state index is -4.42. The van der Waals surface area contributed by atoms with Crippen molar-refractivity contribution in [2.75, 3.05) is 18.4 Å². The lowest BCUT2D eigenvalue weighted by molar-refractivity contribution is -0.139. The number of para-hydroxylation sites is 2. The molecular weight excluding hydrogens is 445 g/mol. The van der Waals surface area contributed by atoms with E-state index in [4.69, 9.17) is 4.74 Å². The van der Waals surface area contributed by atoms with Crippen LogP contribution in [0.25, 0.3) is 0 Å². The summed E-state index contributed by atoms with van der Waals surface area (Å²) in [7, 11) is 0. The number of piperidine rings is 1. The summed E-state index contributed by atoms with van der Waals surface area (Å²) in [4.78, 5) is 27.6. The Morgan fingerprint density at radius 1 is 0.853 bits per heavy atom. The lowest BCUT2D eigenvalue weighted by Gasteiger charge is -2.34. The smallest absolute Gasteiger partial charge is 0.416 e. The molecule has 1 aliphatic carbocycles. The lowest BCUT2D eigenvalue weighted by Crippen LogP contribution is -2.44. The Bertz CT molecular complexity index is 993. The molecule has 2 amide bonds. The monoisotopic (exact) mass is 474 g/mol. The van der Waals surface area contributed by atoms with E-state index < -0.39 is 11.7 Å². The molecule has 1 saturated heterocycles. The molecule has 1 aliphatic heterocycles. The van der Waals surface area contributed by atoms with Crippen LogP contribution >= 0.6 is 0 Å². The normalized spacial score (nSPS) is 17.9. The standard InChI is InChI=1S/C26H29F3N2O3/c27-26(28,29)20-10-12-21(13-11-20)34-23-9-5-4-8-22(23)30-24(32)18-14-16-31(17-15-18)25(33)19-6-2-1-3-7-19/h4-5,8-13,18-19H,1-3,6-7,14-17H2,(H,30,32). The third-order valence-electron chi connectivity index (χ3n) is 6.69. The van der Waals surface area contributed by atoms with Crippen molar-refractivity contribution in [1.82, 2.24) is 4.90 Å². The molecule has 34 heavy (non-hydrogen) atoms. The number of likely N-dealkylation sites (tertiary alicyclic amines) is 1. The van der Waals surface area contributed by atoms with Gasteiger partial charge in [-0.2, -0.15) is 13.2 Å². The molecule has 2 aliphatic rings. The average molecular weight is 475 g/mol. The van der Waals surface area contributed by atoms with E-state index in [1.807, 2.05) is 4.90 Å². The van der Waals surface area contributed by atoms with Crippen molar-refractivity contribution in [2.45, 2.75) is 51.1 Å². The highest BCUT2D eigenvalue weighted by molar-refractivity contribution is 5.94. The van der Waals surface area contributed by atoms with Crippen molar-refractivity contribution in [2.24, 2.45) is 11.8 Å². The first-order chi connectivity index (χ1) is 16.3. The molecule has 0 aromatic heterocycles. The summed E-state index contributed by atoms with van der Waals surface area (Å²) in [5.74, 6) is 0.592. The summed E-state index contributed by atoms with van der Waals surface area (Å²) in [5.41, 5.74) is -0.303. The fourth-order valence-corrected chi connectivity index (χ4v) is 4.70. The van der Waals surface area contributed by atoms with Gasteiger partial charge in [-0.3, -0.25) is 9.59 Å². The van der Waals surface area contributed by atoms with Gasteiger partial charge in [0.05, 0.1) is 11.3 Å². The highest BCUT2D eigenvalue weighted by atomic mass is 19.4. The molecule has 182 valence electrons. The van der Waals surface area contributed by atoms with Crippen LogP contribution in [0.3, 0.4) is 0 Å². The van der Waals surface area contributed by atoms with Crippen molar-refractivity contribution < 1.29 is 27.5 Å². The SMILES string of the molecule is O=C(Nc1ccccc1Oc1ccc(C(F)(F)F)cc1)C1CCN(C(=O)C2CCCCC2)CC1. The van der Waals surface area contributed by atoms with Crippen molar-refractivity contribution in [1.29, 1.82) is 0 Å². The van der Waals surface area contributed by atoms with Crippen LogP contribution in [0.1, 0.15) is 50.5 Å². The van der Waals surface area contributed by atoms with Crippen LogP contribution in [0.2, 0.25) is 0 Å². The van der Waals surface area contributed by atoms with Crippen LogP contribution in [0.4, 0.5) is 18.9 Å². The largest absolute Gasteiger partial charge is 0.455 e. The van der Waals surface area contributed by atoms with E-state index in [1.54, 1.807) is 24.3 Å². The van der Waals surface area contributed by atoms with Crippen LogP contribution in [0.5, 0.6) is 11.5 Å². The molecule has 2 aromatic carbocycles. The Morgan fingerprint density at radius 3 is 2.15 bits per heavy atom. The van der Waals surface area contributed by atoms with Gasteiger partial charge in [0.1, 0.15) is 5.75 Å².